The Morgan fingerprint density at radius 1 is 0.654 bits per heavy atom. The van der Waals surface area contributed by atoms with Crippen LogP contribution in [-0.4, -0.2) is 18.9 Å². The minimum atomic E-state index is -0.212. The van der Waals surface area contributed by atoms with Gasteiger partial charge in [0.2, 0.25) is 0 Å². The molecular formula is C22H20N2O2. The fourth-order valence-corrected chi connectivity index (χ4v) is 2.61. The third-order valence-corrected chi connectivity index (χ3v) is 4.16. The first-order valence-electron chi connectivity index (χ1n) is 8.37. The van der Waals surface area contributed by atoms with E-state index in [1.165, 1.54) is 5.56 Å². The van der Waals surface area contributed by atoms with E-state index in [0.717, 1.165) is 16.8 Å². The highest BCUT2D eigenvalue weighted by atomic mass is 16.2. The van der Waals surface area contributed by atoms with E-state index in [1.54, 1.807) is 31.3 Å². The molecule has 0 fully saturated rings. The number of amides is 2. The third kappa shape index (κ3) is 3.98. The van der Waals surface area contributed by atoms with E-state index in [9.17, 15) is 9.59 Å². The monoisotopic (exact) mass is 344 g/mol. The van der Waals surface area contributed by atoms with Crippen molar-refractivity contribution >= 4 is 17.5 Å². The lowest BCUT2D eigenvalue weighted by Crippen LogP contribution is -2.18. The molecule has 0 aliphatic carbocycles. The summed E-state index contributed by atoms with van der Waals surface area (Å²) in [7, 11) is 1.57. The number of hydrogen-bond donors (Lipinski definition) is 2. The molecule has 0 heterocycles. The highest BCUT2D eigenvalue weighted by Crippen LogP contribution is 2.22. The van der Waals surface area contributed by atoms with Crippen molar-refractivity contribution in [2.45, 2.75) is 6.92 Å². The largest absolute Gasteiger partial charge is 0.355 e. The molecule has 4 nitrogen and oxygen atoms in total. The predicted octanol–water partition coefficient (Wildman–Crippen LogP) is 4.27. The van der Waals surface area contributed by atoms with Crippen molar-refractivity contribution in [3.63, 3.8) is 0 Å². The number of aryl methyl sites for hydroxylation is 1. The van der Waals surface area contributed by atoms with Crippen LogP contribution in [0.25, 0.3) is 11.1 Å². The van der Waals surface area contributed by atoms with E-state index in [1.807, 2.05) is 24.3 Å². The number of nitrogens with one attached hydrogen (secondary N) is 2. The van der Waals surface area contributed by atoms with Gasteiger partial charge < -0.3 is 10.6 Å². The minimum absolute atomic E-state index is 0.177. The molecule has 0 bridgehead atoms. The summed E-state index contributed by atoms with van der Waals surface area (Å²) in [5, 5.41) is 5.42. The quantitative estimate of drug-likeness (QED) is 0.742. The van der Waals surface area contributed by atoms with E-state index in [-0.39, 0.29) is 11.8 Å². The fraction of sp³-hybridized carbons (Fsp3) is 0.0909. The van der Waals surface area contributed by atoms with Crippen molar-refractivity contribution in [3.05, 3.63) is 89.5 Å². The van der Waals surface area contributed by atoms with Crippen LogP contribution in [0.5, 0.6) is 0 Å². The molecule has 3 rings (SSSR count). The molecule has 0 saturated carbocycles. The average molecular weight is 344 g/mol. The Labute approximate surface area is 152 Å². The van der Waals surface area contributed by atoms with Crippen LogP contribution in [0.4, 0.5) is 5.69 Å². The molecule has 130 valence electrons. The van der Waals surface area contributed by atoms with Crippen LogP contribution in [0.2, 0.25) is 0 Å². The summed E-state index contributed by atoms with van der Waals surface area (Å²) >= 11 is 0. The van der Waals surface area contributed by atoms with Gasteiger partial charge in [-0.1, -0.05) is 42.0 Å². The fourth-order valence-electron chi connectivity index (χ4n) is 2.61. The van der Waals surface area contributed by atoms with Crippen molar-refractivity contribution in [2.24, 2.45) is 0 Å². The average Bonchev–Trinajstić information content (AvgIpc) is 2.69. The van der Waals surface area contributed by atoms with Crippen molar-refractivity contribution in [3.8, 4) is 11.1 Å². The van der Waals surface area contributed by atoms with Gasteiger partial charge in [0.25, 0.3) is 11.8 Å². The topological polar surface area (TPSA) is 58.2 Å². The molecule has 0 spiro atoms. The summed E-state index contributed by atoms with van der Waals surface area (Å²) in [6.07, 6.45) is 0. The van der Waals surface area contributed by atoms with Gasteiger partial charge in [-0.25, -0.2) is 0 Å². The Morgan fingerprint density at radius 2 is 1.12 bits per heavy atom. The Hall–Kier alpha value is -3.40. The third-order valence-electron chi connectivity index (χ3n) is 4.16. The van der Waals surface area contributed by atoms with Crippen molar-refractivity contribution in [1.82, 2.24) is 5.32 Å². The first-order chi connectivity index (χ1) is 12.6. The van der Waals surface area contributed by atoms with Crippen LogP contribution in [0, 0.1) is 6.92 Å². The number of hydrogen-bond acceptors (Lipinski definition) is 2. The summed E-state index contributed by atoms with van der Waals surface area (Å²) in [6.45, 7) is 2.06. The van der Waals surface area contributed by atoms with Crippen LogP contribution < -0.4 is 10.6 Å². The SMILES string of the molecule is CNC(=O)c1ccc(C(=O)Nc2ccc(-c3ccc(C)cc3)cc2)cc1. The lowest BCUT2D eigenvalue weighted by atomic mass is 10.0. The van der Waals surface area contributed by atoms with Gasteiger partial charge in [-0.2, -0.15) is 0 Å². The number of carbonyl (C=O) groups is 2. The van der Waals surface area contributed by atoms with Crippen LogP contribution >= 0.6 is 0 Å². The molecule has 0 radical (unpaired) electrons. The van der Waals surface area contributed by atoms with E-state index in [0.29, 0.717) is 11.1 Å². The Bertz CT molecular complexity index is 912. The second kappa shape index (κ2) is 7.66. The molecular weight excluding hydrogens is 324 g/mol. The maximum Gasteiger partial charge on any atom is 0.255 e. The molecule has 0 saturated heterocycles. The molecule has 3 aromatic rings. The maximum atomic E-state index is 12.3. The van der Waals surface area contributed by atoms with Crippen LogP contribution in [-0.2, 0) is 0 Å². The zero-order valence-corrected chi connectivity index (χ0v) is 14.7. The molecule has 4 heteroatoms. The maximum absolute atomic E-state index is 12.3. The molecule has 2 amide bonds. The Kier molecular flexibility index (Phi) is 5.13. The second-order valence-electron chi connectivity index (χ2n) is 6.05. The summed E-state index contributed by atoms with van der Waals surface area (Å²) in [4.78, 5) is 23.9. The molecule has 3 aromatic carbocycles. The Morgan fingerprint density at radius 3 is 1.62 bits per heavy atom. The highest BCUT2D eigenvalue weighted by molar-refractivity contribution is 6.05. The Balaban J connectivity index is 1.69. The van der Waals surface area contributed by atoms with E-state index in [4.69, 9.17) is 0 Å². The van der Waals surface area contributed by atoms with Gasteiger partial charge in [0.15, 0.2) is 0 Å². The number of anilines is 1. The first-order valence-corrected chi connectivity index (χ1v) is 8.37. The van der Waals surface area contributed by atoms with Gasteiger partial charge in [-0.05, 0) is 54.4 Å². The summed E-state index contributed by atoms with van der Waals surface area (Å²) in [5.41, 5.74) is 5.20. The summed E-state index contributed by atoms with van der Waals surface area (Å²) in [5.74, 6) is -0.389. The zero-order valence-electron chi connectivity index (χ0n) is 14.7. The number of rotatable bonds is 4. The summed E-state index contributed by atoms with van der Waals surface area (Å²) < 4.78 is 0. The van der Waals surface area contributed by atoms with Gasteiger partial charge in [0.1, 0.15) is 0 Å². The van der Waals surface area contributed by atoms with Gasteiger partial charge in [-0.3, -0.25) is 9.59 Å². The molecule has 0 atom stereocenters. The lowest BCUT2D eigenvalue weighted by Gasteiger charge is -2.08. The van der Waals surface area contributed by atoms with Crippen LogP contribution in [0.15, 0.2) is 72.8 Å². The molecule has 0 aliphatic heterocycles. The standard InChI is InChI=1S/C22H20N2O2/c1-15-3-5-16(6-4-15)17-11-13-20(14-12-17)24-22(26)19-9-7-18(8-10-19)21(25)23-2/h3-14H,1-2H3,(H,23,25)(H,24,26). The van der Waals surface area contributed by atoms with E-state index < -0.39 is 0 Å². The molecule has 2 N–H and O–H groups in total. The normalized spacial score (nSPS) is 10.2. The van der Waals surface area contributed by atoms with Gasteiger partial charge >= 0.3 is 0 Å². The van der Waals surface area contributed by atoms with Gasteiger partial charge in [0.05, 0.1) is 0 Å². The molecule has 0 unspecified atom stereocenters. The van der Waals surface area contributed by atoms with Crippen molar-refractivity contribution in [1.29, 1.82) is 0 Å². The number of benzene rings is 3. The van der Waals surface area contributed by atoms with E-state index in [2.05, 4.69) is 41.8 Å². The minimum Gasteiger partial charge on any atom is -0.355 e. The summed E-state index contributed by atoms with van der Waals surface area (Å²) in [6, 6.07) is 22.6. The molecule has 0 aliphatic rings. The van der Waals surface area contributed by atoms with Crippen molar-refractivity contribution in [2.75, 3.05) is 12.4 Å². The zero-order chi connectivity index (χ0) is 18.5. The van der Waals surface area contributed by atoms with Crippen molar-refractivity contribution < 1.29 is 9.59 Å². The lowest BCUT2D eigenvalue weighted by molar-refractivity contribution is 0.0961. The van der Waals surface area contributed by atoms with Crippen LogP contribution in [0.1, 0.15) is 26.3 Å². The van der Waals surface area contributed by atoms with Gasteiger partial charge in [0, 0.05) is 23.9 Å². The van der Waals surface area contributed by atoms with Crippen LogP contribution in [0.3, 0.4) is 0 Å². The second-order valence-corrected chi connectivity index (χ2v) is 6.05. The highest BCUT2D eigenvalue weighted by Gasteiger charge is 2.08. The smallest absolute Gasteiger partial charge is 0.255 e. The molecule has 0 aromatic heterocycles. The van der Waals surface area contributed by atoms with E-state index >= 15 is 0 Å². The predicted molar refractivity (Wildman–Crippen MR) is 104 cm³/mol. The number of carbonyl (C=O) groups excluding carboxylic acids is 2. The molecule has 26 heavy (non-hydrogen) atoms. The first kappa shape index (κ1) is 17.4. The van der Waals surface area contributed by atoms with Gasteiger partial charge in [-0.15, -0.1) is 0 Å².